The number of likely N-dealkylation sites (tertiary alicyclic amines) is 1. The van der Waals surface area contributed by atoms with E-state index in [4.69, 9.17) is 4.98 Å². The van der Waals surface area contributed by atoms with Crippen molar-refractivity contribution < 1.29 is 0 Å². The number of rotatable bonds is 5. The molecule has 0 amide bonds. The molecule has 1 saturated heterocycles. The van der Waals surface area contributed by atoms with Gasteiger partial charge in [0.25, 0.3) is 0 Å². The number of nitrogens with one attached hydrogen (secondary N) is 2. The van der Waals surface area contributed by atoms with Crippen molar-refractivity contribution >= 4 is 5.82 Å². The second-order valence-corrected chi connectivity index (χ2v) is 6.41. The molecule has 0 aromatic carbocycles. The molecule has 2 N–H and O–H groups in total. The van der Waals surface area contributed by atoms with Gasteiger partial charge in [0.1, 0.15) is 11.6 Å². The van der Waals surface area contributed by atoms with E-state index in [0.29, 0.717) is 5.92 Å². The number of aromatic nitrogens is 3. The molecule has 5 heteroatoms. The third-order valence-corrected chi connectivity index (χ3v) is 4.76. The van der Waals surface area contributed by atoms with Gasteiger partial charge in [-0.05, 0) is 49.9 Å². The van der Waals surface area contributed by atoms with Gasteiger partial charge in [-0.2, -0.15) is 0 Å². The molecule has 1 atom stereocenters. The van der Waals surface area contributed by atoms with Gasteiger partial charge in [0.05, 0.1) is 5.69 Å². The van der Waals surface area contributed by atoms with Crippen LogP contribution in [0, 0.1) is 6.92 Å². The lowest BCUT2D eigenvalue weighted by molar-refractivity contribution is 0.198. The summed E-state index contributed by atoms with van der Waals surface area (Å²) in [6.07, 6.45) is 5.37. The van der Waals surface area contributed by atoms with Gasteiger partial charge in [-0.15, -0.1) is 0 Å². The number of imidazole rings is 1. The summed E-state index contributed by atoms with van der Waals surface area (Å²) in [7, 11) is 1.92. The maximum atomic E-state index is 4.73. The Kier molecular flexibility index (Phi) is 4.96. The third-order valence-electron chi connectivity index (χ3n) is 4.76. The Morgan fingerprint density at radius 2 is 2.30 bits per heavy atom. The Hall–Kier alpha value is -1.88. The first-order valence-corrected chi connectivity index (χ1v) is 8.60. The van der Waals surface area contributed by atoms with E-state index in [-0.39, 0.29) is 0 Å². The standard InChI is InChI=1S/C18H27N5/c1-4-17-21-13(2)16(22-17)12-23-9-5-6-15(11-23)14-7-8-20-18(10-14)19-3/h7-8,10,15H,4-6,9,11-12H2,1-3H3,(H,19,20)(H,21,22)/t15-/m1/s1. The molecule has 0 bridgehead atoms. The highest BCUT2D eigenvalue weighted by Crippen LogP contribution is 2.28. The van der Waals surface area contributed by atoms with Crippen LogP contribution in [0.1, 0.15) is 48.5 Å². The Labute approximate surface area is 138 Å². The zero-order valence-corrected chi connectivity index (χ0v) is 14.4. The molecule has 3 heterocycles. The molecule has 0 unspecified atom stereocenters. The predicted octanol–water partition coefficient (Wildman–Crippen LogP) is 3.10. The van der Waals surface area contributed by atoms with E-state index < -0.39 is 0 Å². The van der Waals surface area contributed by atoms with E-state index in [2.05, 4.69) is 46.2 Å². The highest BCUT2D eigenvalue weighted by molar-refractivity contribution is 5.38. The summed E-state index contributed by atoms with van der Waals surface area (Å²) in [6, 6.07) is 4.34. The van der Waals surface area contributed by atoms with Gasteiger partial charge in [-0.25, -0.2) is 9.97 Å². The molecule has 2 aromatic rings. The first-order chi connectivity index (χ1) is 11.2. The van der Waals surface area contributed by atoms with E-state index >= 15 is 0 Å². The zero-order valence-electron chi connectivity index (χ0n) is 14.4. The number of nitrogens with zero attached hydrogens (tertiary/aromatic N) is 3. The molecule has 0 aliphatic carbocycles. The number of pyridine rings is 1. The smallest absolute Gasteiger partial charge is 0.125 e. The summed E-state index contributed by atoms with van der Waals surface area (Å²) in [4.78, 5) is 15.0. The third kappa shape index (κ3) is 3.72. The van der Waals surface area contributed by atoms with Crippen LogP contribution in [-0.2, 0) is 13.0 Å². The van der Waals surface area contributed by atoms with Crippen LogP contribution < -0.4 is 5.32 Å². The van der Waals surface area contributed by atoms with Crippen molar-refractivity contribution in [2.75, 3.05) is 25.5 Å². The Morgan fingerprint density at radius 1 is 1.43 bits per heavy atom. The van der Waals surface area contributed by atoms with Gasteiger partial charge in [-0.1, -0.05) is 6.92 Å². The summed E-state index contributed by atoms with van der Waals surface area (Å²) in [5.41, 5.74) is 3.81. The quantitative estimate of drug-likeness (QED) is 0.890. The Morgan fingerprint density at radius 3 is 3.04 bits per heavy atom. The van der Waals surface area contributed by atoms with Crippen molar-refractivity contribution in [3.05, 3.63) is 41.1 Å². The number of aryl methyl sites for hydroxylation is 2. The van der Waals surface area contributed by atoms with E-state index in [9.17, 15) is 0 Å². The molecule has 0 radical (unpaired) electrons. The van der Waals surface area contributed by atoms with E-state index in [0.717, 1.165) is 37.7 Å². The van der Waals surface area contributed by atoms with Crippen molar-refractivity contribution in [1.82, 2.24) is 19.9 Å². The fourth-order valence-electron chi connectivity index (χ4n) is 3.41. The molecule has 0 saturated carbocycles. The maximum absolute atomic E-state index is 4.73. The molecule has 3 rings (SSSR count). The second-order valence-electron chi connectivity index (χ2n) is 6.41. The number of anilines is 1. The molecular weight excluding hydrogens is 286 g/mol. The normalized spacial score (nSPS) is 19.0. The molecule has 5 nitrogen and oxygen atoms in total. The topological polar surface area (TPSA) is 56.8 Å². The van der Waals surface area contributed by atoms with Crippen LogP contribution in [0.3, 0.4) is 0 Å². The van der Waals surface area contributed by atoms with Crippen LogP contribution in [0.2, 0.25) is 0 Å². The number of hydrogen-bond acceptors (Lipinski definition) is 4. The Bertz CT molecular complexity index is 649. The highest BCUT2D eigenvalue weighted by Gasteiger charge is 2.23. The van der Waals surface area contributed by atoms with E-state index in [1.54, 1.807) is 0 Å². The lowest BCUT2D eigenvalue weighted by atomic mass is 9.91. The van der Waals surface area contributed by atoms with Crippen LogP contribution >= 0.6 is 0 Å². The van der Waals surface area contributed by atoms with Crippen molar-refractivity contribution in [3.63, 3.8) is 0 Å². The average molecular weight is 313 g/mol. The van der Waals surface area contributed by atoms with Crippen molar-refractivity contribution in [3.8, 4) is 0 Å². The first-order valence-electron chi connectivity index (χ1n) is 8.60. The summed E-state index contributed by atoms with van der Waals surface area (Å²) in [5.74, 6) is 2.64. The van der Waals surface area contributed by atoms with Gasteiger partial charge < -0.3 is 10.3 Å². The minimum Gasteiger partial charge on any atom is -0.373 e. The van der Waals surface area contributed by atoms with E-state index in [1.165, 1.54) is 29.8 Å². The number of aromatic amines is 1. The molecule has 2 aromatic heterocycles. The number of H-pyrrole nitrogens is 1. The Balaban J connectivity index is 1.69. The molecule has 1 aliphatic heterocycles. The van der Waals surface area contributed by atoms with Crippen LogP contribution in [0.25, 0.3) is 0 Å². The summed E-state index contributed by atoms with van der Waals surface area (Å²) in [6.45, 7) is 7.48. The van der Waals surface area contributed by atoms with Gasteiger partial charge in [0.15, 0.2) is 0 Å². The van der Waals surface area contributed by atoms with Crippen LogP contribution in [-0.4, -0.2) is 40.0 Å². The fraction of sp³-hybridized carbons (Fsp3) is 0.556. The monoisotopic (exact) mass is 313 g/mol. The molecule has 0 spiro atoms. The summed E-state index contributed by atoms with van der Waals surface area (Å²) >= 11 is 0. The highest BCUT2D eigenvalue weighted by atomic mass is 15.1. The predicted molar refractivity (Wildman–Crippen MR) is 93.7 cm³/mol. The fourth-order valence-corrected chi connectivity index (χ4v) is 3.41. The second kappa shape index (κ2) is 7.13. The average Bonchev–Trinajstić information content (AvgIpc) is 2.95. The minimum atomic E-state index is 0.587. The van der Waals surface area contributed by atoms with Crippen molar-refractivity contribution in [2.45, 2.75) is 45.6 Å². The van der Waals surface area contributed by atoms with Crippen LogP contribution in [0.4, 0.5) is 5.82 Å². The summed E-state index contributed by atoms with van der Waals surface area (Å²) < 4.78 is 0. The van der Waals surface area contributed by atoms with Gasteiger partial charge in [0, 0.05) is 38.4 Å². The number of piperidine rings is 1. The zero-order chi connectivity index (χ0) is 16.2. The molecular formula is C18H27N5. The maximum Gasteiger partial charge on any atom is 0.125 e. The summed E-state index contributed by atoms with van der Waals surface area (Å²) in [5, 5.41) is 3.14. The lowest BCUT2D eigenvalue weighted by Gasteiger charge is -2.32. The van der Waals surface area contributed by atoms with Crippen molar-refractivity contribution in [2.24, 2.45) is 0 Å². The molecule has 1 aliphatic rings. The minimum absolute atomic E-state index is 0.587. The van der Waals surface area contributed by atoms with Gasteiger partial charge in [0.2, 0.25) is 0 Å². The largest absolute Gasteiger partial charge is 0.373 e. The molecule has 124 valence electrons. The SMILES string of the molecule is CCc1nc(CN2CCC[C@@H](c3ccnc(NC)c3)C2)c(C)[nH]1. The van der Waals surface area contributed by atoms with Crippen molar-refractivity contribution in [1.29, 1.82) is 0 Å². The molecule has 1 fully saturated rings. The van der Waals surface area contributed by atoms with Crippen LogP contribution in [0.15, 0.2) is 18.3 Å². The van der Waals surface area contributed by atoms with Gasteiger partial charge in [-0.3, -0.25) is 4.90 Å². The van der Waals surface area contributed by atoms with E-state index in [1.807, 2.05) is 13.2 Å². The van der Waals surface area contributed by atoms with Crippen LogP contribution in [0.5, 0.6) is 0 Å². The van der Waals surface area contributed by atoms with Gasteiger partial charge >= 0.3 is 0 Å². The molecule has 23 heavy (non-hydrogen) atoms. The lowest BCUT2D eigenvalue weighted by Crippen LogP contribution is -2.34. The first kappa shape index (κ1) is 16.0. The number of hydrogen-bond donors (Lipinski definition) is 2.